The average molecular weight is 315 g/mol. The fraction of sp³-hybridized carbons (Fsp3) is 0.333. The molecule has 1 aromatic carbocycles. The van der Waals surface area contributed by atoms with Gasteiger partial charge in [0.15, 0.2) is 5.82 Å². The van der Waals surface area contributed by atoms with Gasteiger partial charge >= 0.3 is 0 Å². The molecule has 0 saturated heterocycles. The zero-order valence-corrected chi connectivity index (χ0v) is 12.7. The van der Waals surface area contributed by atoms with Gasteiger partial charge in [-0.15, -0.1) is 5.10 Å². The molecule has 6 nitrogen and oxygen atoms in total. The van der Waals surface area contributed by atoms with Crippen LogP contribution in [0.3, 0.4) is 0 Å². The van der Waals surface area contributed by atoms with Crippen molar-refractivity contribution in [2.75, 3.05) is 0 Å². The van der Waals surface area contributed by atoms with E-state index in [1.54, 1.807) is 11.0 Å². The SMILES string of the molecule is Clc1ccccc1-n1nc(Cn2cncn2)nc1C1CCC1. The van der Waals surface area contributed by atoms with Crippen molar-refractivity contribution >= 4 is 11.6 Å². The third-order valence-electron chi connectivity index (χ3n) is 4.00. The maximum atomic E-state index is 6.33. The van der Waals surface area contributed by atoms with Crippen molar-refractivity contribution in [2.45, 2.75) is 31.7 Å². The first-order valence-electron chi connectivity index (χ1n) is 7.34. The van der Waals surface area contributed by atoms with Crippen molar-refractivity contribution in [1.82, 2.24) is 29.5 Å². The highest BCUT2D eigenvalue weighted by Gasteiger charge is 2.27. The highest BCUT2D eigenvalue weighted by Crippen LogP contribution is 2.37. The molecule has 0 atom stereocenters. The standard InChI is InChI=1S/C15H15ClN6/c16-12-6-1-2-7-13(12)22-15(11-4-3-5-11)19-14(20-22)8-21-10-17-9-18-21/h1-2,6-7,9-11H,3-5,8H2. The van der Waals surface area contributed by atoms with Crippen molar-refractivity contribution in [3.8, 4) is 5.69 Å². The second-order valence-corrected chi connectivity index (χ2v) is 5.88. The molecule has 7 heteroatoms. The highest BCUT2D eigenvalue weighted by atomic mass is 35.5. The maximum Gasteiger partial charge on any atom is 0.172 e. The van der Waals surface area contributed by atoms with Crippen LogP contribution in [-0.2, 0) is 6.54 Å². The van der Waals surface area contributed by atoms with E-state index in [1.807, 2.05) is 28.9 Å². The summed E-state index contributed by atoms with van der Waals surface area (Å²) in [6.45, 7) is 0.511. The van der Waals surface area contributed by atoms with Crippen LogP contribution in [0.4, 0.5) is 0 Å². The molecule has 0 N–H and O–H groups in total. The molecule has 0 radical (unpaired) electrons. The number of hydrogen-bond acceptors (Lipinski definition) is 4. The minimum absolute atomic E-state index is 0.466. The van der Waals surface area contributed by atoms with Crippen molar-refractivity contribution in [1.29, 1.82) is 0 Å². The van der Waals surface area contributed by atoms with Gasteiger partial charge in [-0.25, -0.2) is 19.3 Å². The molecule has 1 saturated carbocycles. The third-order valence-corrected chi connectivity index (χ3v) is 4.32. The molecule has 0 aliphatic heterocycles. The summed E-state index contributed by atoms with van der Waals surface area (Å²) < 4.78 is 3.61. The monoisotopic (exact) mass is 314 g/mol. The lowest BCUT2D eigenvalue weighted by Gasteiger charge is -2.24. The molecule has 0 bridgehead atoms. The highest BCUT2D eigenvalue weighted by molar-refractivity contribution is 6.32. The van der Waals surface area contributed by atoms with Crippen LogP contribution in [-0.4, -0.2) is 29.5 Å². The summed E-state index contributed by atoms with van der Waals surface area (Å²) in [5, 5.41) is 9.44. The summed E-state index contributed by atoms with van der Waals surface area (Å²) in [6.07, 6.45) is 6.74. The van der Waals surface area contributed by atoms with Crippen molar-refractivity contribution in [2.24, 2.45) is 0 Å². The number of rotatable bonds is 4. The van der Waals surface area contributed by atoms with E-state index in [2.05, 4.69) is 15.2 Å². The molecule has 2 aromatic heterocycles. The topological polar surface area (TPSA) is 61.4 Å². The summed E-state index contributed by atoms with van der Waals surface area (Å²) in [4.78, 5) is 8.68. The van der Waals surface area contributed by atoms with Gasteiger partial charge in [-0.1, -0.05) is 30.2 Å². The van der Waals surface area contributed by atoms with Gasteiger partial charge in [0.2, 0.25) is 0 Å². The molecule has 1 fully saturated rings. The molecular formula is C15H15ClN6. The Kier molecular flexibility index (Phi) is 3.38. The van der Waals surface area contributed by atoms with Crippen LogP contribution in [0.25, 0.3) is 5.69 Å². The molecule has 1 aliphatic carbocycles. The fourth-order valence-electron chi connectivity index (χ4n) is 2.63. The normalized spacial score (nSPS) is 15.0. The molecule has 4 rings (SSSR count). The molecule has 3 aromatic rings. The zero-order valence-electron chi connectivity index (χ0n) is 11.9. The minimum atomic E-state index is 0.466. The first-order valence-corrected chi connectivity index (χ1v) is 7.72. The van der Waals surface area contributed by atoms with Gasteiger partial charge in [-0.05, 0) is 25.0 Å². The number of nitrogens with zero attached hydrogens (tertiary/aromatic N) is 6. The third kappa shape index (κ3) is 2.39. The number of para-hydroxylation sites is 1. The zero-order chi connectivity index (χ0) is 14.9. The van der Waals surface area contributed by atoms with Crippen LogP contribution >= 0.6 is 11.6 Å². The van der Waals surface area contributed by atoms with E-state index in [4.69, 9.17) is 16.6 Å². The quantitative estimate of drug-likeness (QED) is 0.743. The van der Waals surface area contributed by atoms with Gasteiger partial charge in [-0.2, -0.15) is 5.10 Å². The summed E-state index contributed by atoms with van der Waals surface area (Å²) in [6, 6.07) is 7.73. The van der Waals surface area contributed by atoms with Crippen LogP contribution in [0.1, 0.15) is 36.8 Å². The smallest absolute Gasteiger partial charge is 0.172 e. The first kappa shape index (κ1) is 13.5. The predicted molar refractivity (Wildman–Crippen MR) is 82.1 cm³/mol. The Balaban J connectivity index is 1.75. The summed E-state index contributed by atoms with van der Waals surface area (Å²) in [5.74, 6) is 2.19. The van der Waals surface area contributed by atoms with Gasteiger partial charge in [0.25, 0.3) is 0 Å². The van der Waals surface area contributed by atoms with Gasteiger partial charge in [0, 0.05) is 5.92 Å². The Morgan fingerprint density at radius 1 is 1.23 bits per heavy atom. The number of hydrogen-bond donors (Lipinski definition) is 0. The molecule has 0 unspecified atom stereocenters. The van der Waals surface area contributed by atoms with E-state index in [9.17, 15) is 0 Å². The van der Waals surface area contributed by atoms with Gasteiger partial charge in [-0.3, -0.25) is 0 Å². The number of halogens is 1. The Hall–Kier alpha value is -2.21. The van der Waals surface area contributed by atoms with E-state index in [1.165, 1.54) is 12.7 Å². The van der Waals surface area contributed by atoms with Crippen molar-refractivity contribution in [3.63, 3.8) is 0 Å². The van der Waals surface area contributed by atoms with Crippen LogP contribution in [0, 0.1) is 0 Å². The molecule has 0 spiro atoms. The second kappa shape index (κ2) is 5.53. The van der Waals surface area contributed by atoms with E-state index in [-0.39, 0.29) is 0 Å². The van der Waals surface area contributed by atoms with Crippen molar-refractivity contribution < 1.29 is 0 Å². The van der Waals surface area contributed by atoms with Crippen molar-refractivity contribution in [3.05, 3.63) is 53.6 Å². The lowest BCUT2D eigenvalue weighted by molar-refractivity contribution is 0.394. The Labute approximate surface area is 132 Å². The van der Waals surface area contributed by atoms with Gasteiger partial charge in [0.05, 0.1) is 10.7 Å². The minimum Gasteiger partial charge on any atom is -0.245 e. The predicted octanol–water partition coefficient (Wildman–Crippen LogP) is 2.83. The van der Waals surface area contributed by atoms with Crippen LogP contribution in [0.2, 0.25) is 5.02 Å². The van der Waals surface area contributed by atoms with Crippen LogP contribution in [0.15, 0.2) is 36.9 Å². The Morgan fingerprint density at radius 2 is 2.09 bits per heavy atom. The molecule has 22 heavy (non-hydrogen) atoms. The van der Waals surface area contributed by atoms with Crippen LogP contribution < -0.4 is 0 Å². The summed E-state index contributed by atoms with van der Waals surface area (Å²) in [7, 11) is 0. The summed E-state index contributed by atoms with van der Waals surface area (Å²) >= 11 is 6.33. The van der Waals surface area contributed by atoms with Gasteiger partial charge in [0.1, 0.15) is 25.0 Å². The maximum absolute atomic E-state index is 6.33. The second-order valence-electron chi connectivity index (χ2n) is 5.47. The first-order chi connectivity index (χ1) is 10.8. The average Bonchev–Trinajstić information content (AvgIpc) is 3.08. The van der Waals surface area contributed by atoms with E-state index >= 15 is 0 Å². The number of aromatic nitrogens is 6. The van der Waals surface area contributed by atoms with Gasteiger partial charge < -0.3 is 0 Å². The lowest BCUT2D eigenvalue weighted by Crippen LogP contribution is -2.15. The molecule has 2 heterocycles. The number of benzene rings is 1. The van der Waals surface area contributed by atoms with Crippen LogP contribution in [0.5, 0.6) is 0 Å². The Bertz CT molecular complexity index is 775. The molecular weight excluding hydrogens is 300 g/mol. The molecule has 1 aliphatic rings. The Morgan fingerprint density at radius 3 is 2.77 bits per heavy atom. The van der Waals surface area contributed by atoms with E-state index in [0.717, 1.165) is 30.2 Å². The molecule has 0 amide bonds. The lowest BCUT2D eigenvalue weighted by atomic mass is 9.85. The van der Waals surface area contributed by atoms with E-state index in [0.29, 0.717) is 17.5 Å². The van der Waals surface area contributed by atoms with E-state index < -0.39 is 0 Å². The summed E-state index contributed by atoms with van der Waals surface area (Å²) in [5.41, 5.74) is 0.878. The largest absolute Gasteiger partial charge is 0.245 e. The molecule has 112 valence electrons. The fourth-order valence-corrected chi connectivity index (χ4v) is 2.84.